The number of thiophene rings is 1. The van der Waals surface area contributed by atoms with Crippen LogP contribution in [0.5, 0.6) is 0 Å². The largest absolute Gasteiger partial charge is 0.369 e. The van der Waals surface area contributed by atoms with Gasteiger partial charge in [0.15, 0.2) is 0 Å². The van der Waals surface area contributed by atoms with Crippen LogP contribution in [0.15, 0.2) is 15.0 Å². The van der Waals surface area contributed by atoms with E-state index < -0.39 is 5.91 Å². The Hall–Kier alpha value is -1.89. The van der Waals surface area contributed by atoms with Crippen molar-refractivity contribution in [1.29, 1.82) is 0 Å². The first kappa shape index (κ1) is 11.6. The second kappa shape index (κ2) is 3.85. The summed E-state index contributed by atoms with van der Waals surface area (Å²) in [5.74, 6) is -0.496. The van der Waals surface area contributed by atoms with Crippen molar-refractivity contribution in [3.05, 3.63) is 31.1 Å². The molecule has 0 radical (unpaired) electrons. The fourth-order valence-electron chi connectivity index (χ4n) is 1.73. The van der Waals surface area contributed by atoms with E-state index in [0.29, 0.717) is 15.8 Å². The highest BCUT2D eigenvalue weighted by atomic mass is 32.1. The zero-order chi connectivity index (χ0) is 12.7. The van der Waals surface area contributed by atoms with Gasteiger partial charge in [0.1, 0.15) is 0 Å². The molecule has 0 aliphatic heterocycles. The predicted molar refractivity (Wildman–Crippen MR) is 65.2 cm³/mol. The van der Waals surface area contributed by atoms with E-state index in [4.69, 9.17) is 5.73 Å². The van der Waals surface area contributed by atoms with E-state index in [2.05, 4.69) is 0 Å². The molecular weight excluding hydrogens is 242 g/mol. The summed E-state index contributed by atoms with van der Waals surface area (Å²) in [6.07, 6.45) is 0.0155. The molecule has 1 amide bonds. The molecule has 0 aliphatic rings. The van der Waals surface area contributed by atoms with Gasteiger partial charge in [0.25, 0.3) is 5.56 Å². The van der Waals surface area contributed by atoms with Gasteiger partial charge in [-0.05, 0) is 0 Å². The van der Waals surface area contributed by atoms with E-state index in [0.717, 1.165) is 4.57 Å². The molecule has 0 saturated carbocycles. The van der Waals surface area contributed by atoms with Crippen molar-refractivity contribution >= 4 is 28.1 Å². The van der Waals surface area contributed by atoms with E-state index in [1.165, 1.54) is 23.0 Å². The highest BCUT2D eigenvalue weighted by Crippen LogP contribution is 2.21. The zero-order valence-corrected chi connectivity index (χ0v) is 10.2. The molecule has 6 nitrogen and oxygen atoms in total. The van der Waals surface area contributed by atoms with E-state index >= 15 is 0 Å². The molecule has 2 rings (SSSR count). The van der Waals surface area contributed by atoms with E-state index in [1.54, 1.807) is 12.4 Å². The second-order valence-electron chi connectivity index (χ2n) is 3.77. The van der Waals surface area contributed by atoms with E-state index in [9.17, 15) is 14.4 Å². The van der Waals surface area contributed by atoms with Gasteiger partial charge in [0.05, 0.1) is 17.3 Å². The molecule has 90 valence electrons. The summed E-state index contributed by atoms with van der Waals surface area (Å²) in [6.45, 7) is 0. The van der Waals surface area contributed by atoms with Gasteiger partial charge < -0.3 is 5.73 Å². The molecule has 2 N–H and O–H groups in total. The maximum atomic E-state index is 12.0. The monoisotopic (exact) mass is 253 g/mol. The number of amides is 1. The first-order valence-corrected chi connectivity index (χ1v) is 5.76. The molecule has 2 aromatic heterocycles. The average molecular weight is 253 g/mol. The normalized spacial score (nSPS) is 10.9. The number of nitrogens with two attached hydrogens (primary N) is 1. The molecule has 2 heterocycles. The number of aromatic nitrogens is 2. The SMILES string of the molecule is Cn1c(=O)c2c(CC(N)=O)scc2n(C)c1=O. The minimum Gasteiger partial charge on any atom is -0.369 e. The Morgan fingerprint density at radius 2 is 2.00 bits per heavy atom. The van der Waals surface area contributed by atoms with Gasteiger partial charge in [-0.3, -0.25) is 18.7 Å². The number of hydrogen-bond acceptors (Lipinski definition) is 4. The third-order valence-corrected chi connectivity index (χ3v) is 3.61. The number of nitrogens with zero attached hydrogens (tertiary/aromatic N) is 2. The number of rotatable bonds is 2. The van der Waals surface area contributed by atoms with Crippen LogP contribution >= 0.6 is 11.3 Å². The first-order chi connectivity index (χ1) is 7.93. The molecule has 17 heavy (non-hydrogen) atoms. The van der Waals surface area contributed by atoms with Crippen LogP contribution < -0.4 is 17.0 Å². The van der Waals surface area contributed by atoms with E-state index in [1.807, 2.05) is 0 Å². The molecule has 0 spiro atoms. The molecule has 2 aromatic rings. The predicted octanol–water partition coefficient (Wildman–Crippen LogP) is -0.674. The van der Waals surface area contributed by atoms with Gasteiger partial charge >= 0.3 is 5.69 Å². The number of aryl methyl sites for hydroxylation is 1. The van der Waals surface area contributed by atoms with Crippen LogP contribution in [0.25, 0.3) is 10.9 Å². The summed E-state index contributed by atoms with van der Waals surface area (Å²) in [6, 6.07) is 0. The zero-order valence-electron chi connectivity index (χ0n) is 9.39. The van der Waals surface area contributed by atoms with E-state index in [-0.39, 0.29) is 17.7 Å². The van der Waals surface area contributed by atoms with Crippen molar-refractivity contribution in [2.45, 2.75) is 6.42 Å². The van der Waals surface area contributed by atoms with Gasteiger partial charge in [-0.15, -0.1) is 11.3 Å². The van der Waals surface area contributed by atoms with Crippen LogP contribution in [-0.2, 0) is 25.3 Å². The lowest BCUT2D eigenvalue weighted by Gasteiger charge is -2.04. The van der Waals surface area contributed by atoms with Crippen LogP contribution in [0.3, 0.4) is 0 Å². The van der Waals surface area contributed by atoms with Crippen LogP contribution in [0.4, 0.5) is 0 Å². The van der Waals surface area contributed by atoms with Crippen LogP contribution in [-0.4, -0.2) is 15.0 Å². The minimum absolute atomic E-state index is 0.0155. The fraction of sp³-hybridized carbons (Fsp3) is 0.300. The number of fused-ring (bicyclic) bond motifs is 1. The Labute approximate surface area is 99.9 Å². The third-order valence-electron chi connectivity index (χ3n) is 2.64. The van der Waals surface area contributed by atoms with Crippen molar-refractivity contribution < 1.29 is 4.79 Å². The Kier molecular flexibility index (Phi) is 2.62. The summed E-state index contributed by atoms with van der Waals surface area (Å²) in [7, 11) is 3.00. The van der Waals surface area contributed by atoms with Crippen LogP contribution in [0.1, 0.15) is 4.88 Å². The summed E-state index contributed by atoms with van der Waals surface area (Å²) in [4.78, 5) is 35.2. The molecule has 0 aromatic carbocycles. The van der Waals surface area contributed by atoms with Crippen molar-refractivity contribution in [2.75, 3.05) is 0 Å². The quantitative estimate of drug-likeness (QED) is 0.769. The molecule has 0 atom stereocenters. The van der Waals surface area contributed by atoms with Gasteiger partial charge in [-0.1, -0.05) is 0 Å². The molecule has 0 unspecified atom stereocenters. The minimum atomic E-state index is -0.496. The topological polar surface area (TPSA) is 87.1 Å². The highest BCUT2D eigenvalue weighted by molar-refractivity contribution is 7.11. The smallest absolute Gasteiger partial charge is 0.330 e. The lowest BCUT2D eigenvalue weighted by molar-refractivity contribution is -0.117. The number of carbonyl (C=O) groups excluding carboxylic acids is 1. The molecule has 0 saturated heterocycles. The second-order valence-corrected chi connectivity index (χ2v) is 4.73. The number of carbonyl (C=O) groups is 1. The number of hydrogen-bond donors (Lipinski definition) is 1. The Balaban J connectivity index is 2.90. The van der Waals surface area contributed by atoms with Crippen molar-refractivity contribution in [3.8, 4) is 0 Å². The fourth-order valence-corrected chi connectivity index (χ4v) is 2.80. The van der Waals surface area contributed by atoms with Crippen molar-refractivity contribution in [1.82, 2.24) is 9.13 Å². The van der Waals surface area contributed by atoms with Gasteiger partial charge in [0.2, 0.25) is 5.91 Å². The maximum absolute atomic E-state index is 12.0. The Morgan fingerprint density at radius 1 is 1.35 bits per heavy atom. The maximum Gasteiger partial charge on any atom is 0.330 e. The van der Waals surface area contributed by atoms with Crippen LogP contribution in [0.2, 0.25) is 0 Å². The summed E-state index contributed by atoms with van der Waals surface area (Å²) in [5, 5.41) is 2.09. The summed E-state index contributed by atoms with van der Waals surface area (Å²) in [5.41, 5.74) is 4.89. The standard InChI is InChI=1S/C10H11N3O3S/c1-12-5-4-17-6(3-7(11)14)8(5)9(15)13(2)10(12)16/h4H,3H2,1-2H3,(H2,11,14). The molecular formula is C10H11N3O3S. The van der Waals surface area contributed by atoms with Gasteiger partial charge in [-0.2, -0.15) is 0 Å². The molecule has 0 aliphatic carbocycles. The van der Waals surface area contributed by atoms with Gasteiger partial charge in [-0.25, -0.2) is 4.79 Å². The lowest BCUT2D eigenvalue weighted by atomic mass is 10.2. The highest BCUT2D eigenvalue weighted by Gasteiger charge is 2.15. The molecule has 0 fully saturated rings. The van der Waals surface area contributed by atoms with Crippen molar-refractivity contribution in [3.63, 3.8) is 0 Å². The van der Waals surface area contributed by atoms with Crippen molar-refractivity contribution in [2.24, 2.45) is 19.8 Å². The Bertz CT molecular complexity index is 723. The van der Waals surface area contributed by atoms with Gasteiger partial charge in [0, 0.05) is 24.4 Å². The van der Waals surface area contributed by atoms with Crippen LogP contribution in [0, 0.1) is 0 Å². The lowest BCUT2D eigenvalue weighted by Crippen LogP contribution is -2.36. The summed E-state index contributed by atoms with van der Waals surface area (Å²) >= 11 is 1.26. The average Bonchev–Trinajstić information content (AvgIpc) is 2.66. The first-order valence-electron chi connectivity index (χ1n) is 4.88. The molecule has 7 heteroatoms. The molecule has 0 bridgehead atoms. The summed E-state index contributed by atoms with van der Waals surface area (Å²) < 4.78 is 2.41. The Morgan fingerprint density at radius 3 is 2.59 bits per heavy atom. The number of primary amides is 1. The third kappa shape index (κ3) is 1.68.